The molecule has 0 aliphatic rings. The molecule has 9 heteroatoms. The summed E-state index contributed by atoms with van der Waals surface area (Å²) in [6, 6.07) is 3.79. The van der Waals surface area contributed by atoms with Gasteiger partial charge in [0.25, 0.3) is 0 Å². The van der Waals surface area contributed by atoms with Crippen LogP contribution in [0.2, 0.25) is 0 Å². The highest BCUT2D eigenvalue weighted by atomic mass is 127. The number of rotatable bonds is 0. The number of aromatic hydroxyl groups is 6. The van der Waals surface area contributed by atoms with E-state index in [0.717, 1.165) is 6.07 Å². The number of aryl methyl sites for hydroxylation is 2. The largest absolute Gasteiger partial charge is 0.507 e. The van der Waals surface area contributed by atoms with Gasteiger partial charge in [-0.05, 0) is 70.5 Å². The highest BCUT2D eigenvalue weighted by Gasteiger charge is 2.34. The molecular weight excluding hydrogens is 615 g/mol. The topological polar surface area (TPSA) is 156 Å². The smallest absolute Gasteiger partial charge is 0.190 e. The van der Waals surface area contributed by atoms with E-state index in [1.807, 2.05) is 0 Å². The molecule has 8 aromatic rings. The van der Waals surface area contributed by atoms with Gasteiger partial charge in [-0.1, -0.05) is 0 Å². The van der Waals surface area contributed by atoms with Gasteiger partial charge in [0.15, 0.2) is 10.9 Å². The van der Waals surface area contributed by atoms with Crippen molar-refractivity contribution in [2.24, 2.45) is 0 Å². The van der Waals surface area contributed by atoms with Crippen molar-refractivity contribution in [3.05, 3.63) is 53.3 Å². The lowest BCUT2D eigenvalue weighted by Crippen LogP contribution is -2.08. The van der Waals surface area contributed by atoms with Crippen LogP contribution in [0.15, 0.2) is 27.8 Å². The Morgan fingerprint density at radius 1 is 0.436 bits per heavy atom. The Hall–Kier alpha value is -4.51. The van der Waals surface area contributed by atoms with Gasteiger partial charge >= 0.3 is 0 Å². The molecule has 0 radical (unpaired) electrons. The van der Waals surface area contributed by atoms with Crippen LogP contribution in [-0.4, -0.2) is 30.6 Å². The van der Waals surface area contributed by atoms with E-state index in [9.17, 15) is 40.2 Å². The van der Waals surface area contributed by atoms with Crippen LogP contribution in [-0.2, 0) is 0 Å². The van der Waals surface area contributed by atoms with Crippen molar-refractivity contribution < 1.29 is 30.6 Å². The second-order valence-electron chi connectivity index (χ2n) is 10.3. The first-order chi connectivity index (χ1) is 18.5. The monoisotopic (exact) mass is 630 g/mol. The van der Waals surface area contributed by atoms with Crippen LogP contribution >= 0.6 is 22.6 Å². The minimum atomic E-state index is -0.656. The van der Waals surface area contributed by atoms with E-state index in [2.05, 4.69) is 0 Å². The van der Waals surface area contributed by atoms with Gasteiger partial charge in [-0.15, -0.1) is 0 Å². The fourth-order valence-corrected chi connectivity index (χ4v) is 7.54. The van der Waals surface area contributed by atoms with Crippen LogP contribution in [0.4, 0.5) is 0 Å². The summed E-state index contributed by atoms with van der Waals surface area (Å²) in [4.78, 5) is 27.0. The fraction of sp³-hybridized carbons (Fsp3) is 0.0667. The van der Waals surface area contributed by atoms with Gasteiger partial charge in [-0.25, -0.2) is 0 Å². The van der Waals surface area contributed by atoms with Gasteiger partial charge in [0.2, 0.25) is 0 Å². The summed E-state index contributed by atoms with van der Waals surface area (Å²) >= 11 is 1.70. The lowest BCUT2D eigenvalue weighted by molar-refractivity contribution is 0.447. The molecule has 0 aliphatic carbocycles. The second kappa shape index (κ2) is 6.55. The van der Waals surface area contributed by atoms with Gasteiger partial charge in [0.1, 0.15) is 34.5 Å². The molecule has 0 bridgehead atoms. The first kappa shape index (κ1) is 22.5. The number of phenols is 6. The zero-order valence-corrected chi connectivity index (χ0v) is 22.3. The van der Waals surface area contributed by atoms with Gasteiger partial charge in [-0.3, -0.25) is 9.59 Å². The zero-order valence-electron chi connectivity index (χ0n) is 20.1. The van der Waals surface area contributed by atoms with Crippen molar-refractivity contribution in [1.82, 2.24) is 0 Å². The number of hydrogen-bond acceptors (Lipinski definition) is 8. The molecule has 39 heavy (non-hydrogen) atoms. The third-order valence-corrected chi connectivity index (χ3v) is 9.37. The molecule has 6 N–H and O–H groups in total. The maximum absolute atomic E-state index is 13.5. The van der Waals surface area contributed by atoms with Crippen molar-refractivity contribution in [1.29, 1.82) is 0 Å². The molecule has 0 spiro atoms. The number of phenolic OH excluding ortho intramolecular Hbond substituents is 6. The lowest BCUT2D eigenvalue weighted by Gasteiger charge is -2.26. The molecule has 0 aromatic heterocycles. The summed E-state index contributed by atoms with van der Waals surface area (Å²) in [5, 5.41) is 70.4. The molecule has 8 rings (SSSR count). The molecule has 0 atom stereocenters. The Labute approximate surface area is 229 Å². The van der Waals surface area contributed by atoms with Crippen molar-refractivity contribution in [3.8, 4) is 34.5 Å². The summed E-state index contributed by atoms with van der Waals surface area (Å²) < 4.78 is -0.0455. The Kier molecular flexibility index (Phi) is 3.77. The van der Waals surface area contributed by atoms with Crippen molar-refractivity contribution in [2.75, 3.05) is 0 Å². The minimum absolute atomic E-state index is 0.0147. The molecule has 0 fully saturated rings. The molecule has 190 valence electrons. The first-order valence-corrected chi connectivity index (χ1v) is 13.0. The Bertz CT molecular complexity index is 2570. The normalized spacial score (nSPS) is 12.8. The van der Waals surface area contributed by atoms with Crippen LogP contribution in [0, 0.1) is 17.4 Å². The first-order valence-electron chi connectivity index (χ1n) is 11.9. The number of benzene rings is 8. The van der Waals surface area contributed by atoms with E-state index in [4.69, 9.17) is 0 Å². The zero-order chi connectivity index (χ0) is 27.6. The van der Waals surface area contributed by atoms with E-state index in [1.54, 1.807) is 36.4 Å². The maximum atomic E-state index is 13.5. The van der Waals surface area contributed by atoms with Crippen LogP contribution in [0.5, 0.6) is 34.5 Å². The average molecular weight is 630 g/mol. The highest BCUT2D eigenvalue weighted by molar-refractivity contribution is 14.1. The molecule has 0 unspecified atom stereocenters. The van der Waals surface area contributed by atoms with Crippen LogP contribution < -0.4 is 10.9 Å². The number of hydrogen-bond donors (Lipinski definition) is 6. The SMILES string of the molecule is Cc1cc(O)c2c(O)c3c(O)cc(=O)c4c5c(O)c(I)c(O)c6c(O)c7c(=O)cc(C)c8c1c2c(c34)c(c65)c78. The summed E-state index contributed by atoms with van der Waals surface area (Å²) in [6.45, 7) is 3.51. The third-order valence-electron chi connectivity index (χ3n) is 8.35. The molecule has 0 saturated heterocycles. The van der Waals surface area contributed by atoms with Gasteiger partial charge < -0.3 is 30.6 Å². The number of halogens is 1. The quantitative estimate of drug-likeness (QED) is 0.0710. The van der Waals surface area contributed by atoms with E-state index in [0.29, 0.717) is 43.4 Å². The average Bonchev–Trinajstić information content (AvgIpc) is 2.86. The van der Waals surface area contributed by atoms with E-state index in [1.165, 1.54) is 12.1 Å². The fourth-order valence-electron chi connectivity index (χ4n) is 7.01. The van der Waals surface area contributed by atoms with Crippen molar-refractivity contribution >= 4 is 98.0 Å². The predicted octanol–water partition coefficient (Wildman–Crippen LogP) is 5.69. The summed E-state index contributed by atoms with van der Waals surface area (Å²) in [5.41, 5.74) is 0.0561. The van der Waals surface area contributed by atoms with Gasteiger partial charge in [0.05, 0.1) is 25.1 Å². The Balaban J connectivity index is 2.04. The molecule has 8 aromatic carbocycles. The summed E-state index contributed by atoms with van der Waals surface area (Å²) in [5.74, 6) is -2.56. The summed E-state index contributed by atoms with van der Waals surface area (Å²) in [7, 11) is 0. The molecule has 8 nitrogen and oxygen atoms in total. The van der Waals surface area contributed by atoms with Crippen LogP contribution in [0.3, 0.4) is 0 Å². The van der Waals surface area contributed by atoms with Crippen molar-refractivity contribution in [3.63, 3.8) is 0 Å². The molecule has 0 saturated carbocycles. The van der Waals surface area contributed by atoms with Crippen LogP contribution in [0.25, 0.3) is 75.4 Å². The molecule has 0 aliphatic heterocycles. The Morgan fingerprint density at radius 2 is 0.846 bits per heavy atom. The van der Waals surface area contributed by atoms with Gasteiger partial charge in [-0.2, -0.15) is 0 Å². The molecule has 0 heterocycles. The number of fused-ring (bicyclic) bond motifs is 2. The molecular formula is C30H15IO8. The molecule has 0 amide bonds. The Morgan fingerprint density at radius 3 is 1.49 bits per heavy atom. The summed E-state index contributed by atoms with van der Waals surface area (Å²) in [6.07, 6.45) is 0. The van der Waals surface area contributed by atoms with Crippen molar-refractivity contribution in [2.45, 2.75) is 13.8 Å². The van der Waals surface area contributed by atoms with E-state index >= 15 is 0 Å². The minimum Gasteiger partial charge on any atom is -0.507 e. The third kappa shape index (κ3) is 2.18. The van der Waals surface area contributed by atoms with E-state index < -0.39 is 39.6 Å². The van der Waals surface area contributed by atoms with Crippen LogP contribution in [0.1, 0.15) is 11.1 Å². The maximum Gasteiger partial charge on any atom is 0.190 e. The predicted molar refractivity (Wildman–Crippen MR) is 158 cm³/mol. The van der Waals surface area contributed by atoms with E-state index in [-0.39, 0.29) is 52.4 Å². The lowest BCUT2D eigenvalue weighted by atomic mass is 9.78. The second-order valence-corrected chi connectivity index (χ2v) is 11.3. The standard InChI is InChI=1S/C30H15IO8/c1-6-3-8(32)15-18-12(6)13-7(2)4-9(33)16-19(13)22-21(18)20-14(10(34)5-11(35)17(20)27(15)36)24-23(22)25(28(16)37)30(39)26(31)29(24)38/h3-5,32,35-39H,1-2H3. The van der Waals surface area contributed by atoms with Gasteiger partial charge in [0, 0.05) is 49.2 Å². The highest BCUT2D eigenvalue weighted by Crippen LogP contribution is 2.60.